The van der Waals surface area contributed by atoms with Gasteiger partial charge in [-0.15, -0.1) is 0 Å². The van der Waals surface area contributed by atoms with Crippen molar-refractivity contribution in [3.63, 3.8) is 0 Å². The van der Waals surface area contributed by atoms with E-state index in [1.807, 2.05) is 32.2 Å². The third-order valence-electron chi connectivity index (χ3n) is 2.77. The summed E-state index contributed by atoms with van der Waals surface area (Å²) in [6.45, 7) is 7.74. The smallest absolute Gasteiger partial charge is 0.162 e. The molecule has 0 aliphatic heterocycles. The van der Waals surface area contributed by atoms with E-state index in [-0.39, 0.29) is 12.1 Å². The summed E-state index contributed by atoms with van der Waals surface area (Å²) in [7, 11) is 3.58. The second-order valence-electron chi connectivity index (χ2n) is 3.98. The average molecular weight is 235 g/mol. The quantitative estimate of drug-likeness (QED) is 0.769. The van der Waals surface area contributed by atoms with Gasteiger partial charge in [0.2, 0.25) is 0 Å². The Labute approximate surface area is 103 Å². The van der Waals surface area contributed by atoms with Crippen LogP contribution in [0.2, 0.25) is 0 Å². The first-order valence-electron chi connectivity index (χ1n) is 5.76. The molecule has 0 bridgehead atoms. The first-order chi connectivity index (χ1) is 8.12. The van der Waals surface area contributed by atoms with Crippen LogP contribution in [0.1, 0.15) is 25.5 Å². The summed E-state index contributed by atoms with van der Waals surface area (Å²) in [5.41, 5.74) is 1.17. The fraction of sp³-hybridized carbons (Fsp3) is 0.429. The molecule has 1 rings (SSSR count). The van der Waals surface area contributed by atoms with Gasteiger partial charge in [0.05, 0.1) is 7.11 Å². The summed E-state index contributed by atoms with van der Waals surface area (Å²) in [5, 5.41) is 3.19. The van der Waals surface area contributed by atoms with E-state index in [1.54, 1.807) is 13.2 Å². The van der Waals surface area contributed by atoms with Crippen molar-refractivity contribution in [3.8, 4) is 11.5 Å². The highest BCUT2D eigenvalue weighted by Gasteiger charge is 2.10. The molecule has 0 saturated heterocycles. The predicted molar refractivity (Wildman–Crippen MR) is 70.8 cm³/mol. The van der Waals surface area contributed by atoms with Gasteiger partial charge in [-0.05, 0) is 38.6 Å². The van der Waals surface area contributed by atoms with E-state index in [4.69, 9.17) is 9.47 Å². The minimum absolute atomic E-state index is 0.0310. The van der Waals surface area contributed by atoms with Gasteiger partial charge < -0.3 is 14.8 Å². The molecular weight excluding hydrogens is 214 g/mol. The van der Waals surface area contributed by atoms with E-state index in [2.05, 4.69) is 18.8 Å². The Morgan fingerprint density at radius 1 is 1.29 bits per heavy atom. The van der Waals surface area contributed by atoms with Crippen molar-refractivity contribution in [2.24, 2.45) is 0 Å². The van der Waals surface area contributed by atoms with Crippen molar-refractivity contribution in [1.82, 2.24) is 5.32 Å². The van der Waals surface area contributed by atoms with Crippen LogP contribution in [0, 0.1) is 0 Å². The number of hydrogen-bond acceptors (Lipinski definition) is 3. The maximum Gasteiger partial charge on any atom is 0.162 e. The molecule has 1 N–H and O–H groups in total. The van der Waals surface area contributed by atoms with Gasteiger partial charge in [0.15, 0.2) is 11.5 Å². The Hall–Kier alpha value is -1.48. The van der Waals surface area contributed by atoms with Crippen LogP contribution >= 0.6 is 0 Å². The summed E-state index contributed by atoms with van der Waals surface area (Å²) in [6.07, 6.45) is 1.72. The third-order valence-corrected chi connectivity index (χ3v) is 2.77. The fourth-order valence-electron chi connectivity index (χ4n) is 1.47. The van der Waals surface area contributed by atoms with Crippen LogP contribution in [0.15, 0.2) is 30.9 Å². The van der Waals surface area contributed by atoms with Gasteiger partial charge in [-0.1, -0.05) is 18.7 Å². The molecule has 0 aliphatic carbocycles. The summed E-state index contributed by atoms with van der Waals surface area (Å²) in [5.74, 6) is 1.49. The standard InChI is InChI=1S/C14H21NO2/c1-6-10(2)17-13-8-7-12(11(3)15-4)9-14(13)16-5/h6-11,15H,1H2,2-5H3. The van der Waals surface area contributed by atoms with Crippen LogP contribution in [0.25, 0.3) is 0 Å². The normalized spacial score (nSPS) is 13.9. The number of hydrogen-bond donors (Lipinski definition) is 1. The zero-order valence-corrected chi connectivity index (χ0v) is 11.0. The lowest BCUT2D eigenvalue weighted by molar-refractivity contribution is 0.254. The number of ether oxygens (including phenoxy) is 2. The fourth-order valence-corrected chi connectivity index (χ4v) is 1.47. The largest absolute Gasteiger partial charge is 0.493 e. The summed E-state index contributed by atoms with van der Waals surface area (Å²) >= 11 is 0. The molecule has 2 unspecified atom stereocenters. The van der Waals surface area contributed by atoms with Gasteiger partial charge in [0.1, 0.15) is 6.10 Å². The Balaban J connectivity index is 2.96. The molecule has 0 fully saturated rings. The Kier molecular flexibility index (Phi) is 5.04. The molecule has 0 radical (unpaired) electrons. The summed E-state index contributed by atoms with van der Waals surface area (Å²) in [4.78, 5) is 0. The Morgan fingerprint density at radius 2 is 2.00 bits per heavy atom. The SMILES string of the molecule is C=CC(C)Oc1ccc(C(C)NC)cc1OC. The number of benzene rings is 1. The van der Waals surface area contributed by atoms with E-state index < -0.39 is 0 Å². The molecule has 0 aliphatic rings. The molecule has 0 heterocycles. The van der Waals surface area contributed by atoms with E-state index in [0.717, 1.165) is 11.5 Å². The summed E-state index contributed by atoms with van der Waals surface area (Å²) < 4.78 is 11.0. The van der Waals surface area contributed by atoms with E-state index in [9.17, 15) is 0 Å². The number of methoxy groups -OCH3 is 1. The van der Waals surface area contributed by atoms with E-state index in [0.29, 0.717) is 0 Å². The van der Waals surface area contributed by atoms with Gasteiger partial charge in [0, 0.05) is 6.04 Å². The van der Waals surface area contributed by atoms with E-state index >= 15 is 0 Å². The molecule has 94 valence electrons. The molecule has 3 heteroatoms. The molecule has 3 nitrogen and oxygen atoms in total. The monoisotopic (exact) mass is 235 g/mol. The van der Waals surface area contributed by atoms with Crippen molar-refractivity contribution in [2.75, 3.05) is 14.2 Å². The molecule has 1 aromatic carbocycles. The first kappa shape index (κ1) is 13.6. The van der Waals surface area contributed by atoms with Gasteiger partial charge in [-0.2, -0.15) is 0 Å². The molecule has 0 amide bonds. The number of rotatable bonds is 6. The lowest BCUT2D eigenvalue weighted by atomic mass is 10.1. The lowest BCUT2D eigenvalue weighted by Crippen LogP contribution is -2.13. The van der Waals surface area contributed by atoms with Crippen LogP contribution in [-0.2, 0) is 0 Å². The minimum atomic E-state index is -0.0310. The van der Waals surface area contributed by atoms with Crippen molar-refractivity contribution in [3.05, 3.63) is 36.4 Å². The zero-order valence-electron chi connectivity index (χ0n) is 11.0. The van der Waals surface area contributed by atoms with Crippen molar-refractivity contribution >= 4 is 0 Å². The third kappa shape index (κ3) is 3.49. The topological polar surface area (TPSA) is 30.5 Å². The molecule has 17 heavy (non-hydrogen) atoms. The van der Waals surface area contributed by atoms with Crippen molar-refractivity contribution in [1.29, 1.82) is 0 Å². The zero-order chi connectivity index (χ0) is 12.8. The van der Waals surface area contributed by atoms with Crippen molar-refractivity contribution < 1.29 is 9.47 Å². The van der Waals surface area contributed by atoms with Gasteiger partial charge >= 0.3 is 0 Å². The minimum Gasteiger partial charge on any atom is -0.493 e. The second-order valence-corrected chi connectivity index (χ2v) is 3.98. The van der Waals surface area contributed by atoms with Gasteiger partial charge in [-0.25, -0.2) is 0 Å². The average Bonchev–Trinajstić information content (AvgIpc) is 2.37. The highest BCUT2D eigenvalue weighted by atomic mass is 16.5. The van der Waals surface area contributed by atoms with Crippen LogP contribution < -0.4 is 14.8 Å². The van der Waals surface area contributed by atoms with Gasteiger partial charge in [-0.3, -0.25) is 0 Å². The molecular formula is C14H21NO2. The van der Waals surface area contributed by atoms with Gasteiger partial charge in [0.25, 0.3) is 0 Å². The van der Waals surface area contributed by atoms with E-state index in [1.165, 1.54) is 5.56 Å². The first-order valence-corrected chi connectivity index (χ1v) is 5.76. The van der Waals surface area contributed by atoms with Crippen LogP contribution in [0.4, 0.5) is 0 Å². The molecule has 0 aromatic heterocycles. The maximum absolute atomic E-state index is 5.69. The Bertz CT molecular complexity index is 376. The molecule has 0 saturated carbocycles. The summed E-state index contributed by atoms with van der Waals surface area (Å²) in [6, 6.07) is 6.25. The van der Waals surface area contributed by atoms with Crippen LogP contribution in [0.3, 0.4) is 0 Å². The predicted octanol–water partition coefficient (Wildman–Crippen LogP) is 2.93. The number of nitrogens with one attached hydrogen (secondary N) is 1. The van der Waals surface area contributed by atoms with Crippen molar-refractivity contribution in [2.45, 2.75) is 26.0 Å². The molecule has 2 atom stereocenters. The molecule has 1 aromatic rings. The maximum atomic E-state index is 5.69. The highest BCUT2D eigenvalue weighted by Crippen LogP contribution is 2.31. The Morgan fingerprint density at radius 3 is 2.53 bits per heavy atom. The van der Waals surface area contributed by atoms with Crippen LogP contribution in [-0.4, -0.2) is 20.3 Å². The highest BCUT2D eigenvalue weighted by molar-refractivity contribution is 5.44. The molecule has 0 spiro atoms. The van der Waals surface area contributed by atoms with Crippen LogP contribution in [0.5, 0.6) is 11.5 Å². The second kappa shape index (κ2) is 6.30. The lowest BCUT2D eigenvalue weighted by Gasteiger charge is -2.17.